The van der Waals surface area contributed by atoms with Crippen LogP contribution in [-0.2, 0) is 6.42 Å². The summed E-state index contributed by atoms with van der Waals surface area (Å²) in [5.74, 6) is 3.41. The maximum absolute atomic E-state index is 4.63. The first-order valence-electron chi connectivity index (χ1n) is 8.24. The third-order valence-electron chi connectivity index (χ3n) is 4.09. The minimum atomic E-state index is 0.243. The lowest BCUT2D eigenvalue weighted by Gasteiger charge is -2.29. The molecule has 120 valence electrons. The first-order valence-corrected chi connectivity index (χ1v) is 8.24. The van der Waals surface area contributed by atoms with Gasteiger partial charge in [-0.3, -0.25) is 0 Å². The Morgan fingerprint density at radius 2 is 1.67 bits per heavy atom. The predicted molar refractivity (Wildman–Crippen MR) is 91.9 cm³/mol. The lowest BCUT2D eigenvalue weighted by atomic mass is 9.81. The van der Waals surface area contributed by atoms with E-state index >= 15 is 0 Å². The maximum atomic E-state index is 4.63. The maximum Gasteiger partial charge on any atom is 0.133 e. The van der Waals surface area contributed by atoms with Crippen LogP contribution in [0.1, 0.15) is 60.2 Å². The van der Waals surface area contributed by atoms with Gasteiger partial charge in [0.1, 0.15) is 17.5 Å². The molecule has 0 aliphatic carbocycles. The van der Waals surface area contributed by atoms with E-state index in [9.17, 15) is 0 Å². The fourth-order valence-electron chi connectivity index (χ4n) is 1.79. The molecular weight excluding hydrogens is 260 g/mol. The van der Waals surface area contributed by atoms with Crippen LogP contribution in [-0.4, -0.2) is 23.1 Å². The molecule has 1 aromatic heterocycles. The average Bonchev–Trinajstić information content (AvgIpc) is 2.43. The summed E-state index contributed by atoms with van der Waals surface area (Å²) < 4.78 is 0. The van der Waals surface area contributed by atoms with Gasteiger partial charge in [-0.05, 0) is 24.2 Å². The lowest BCUT2D eigenvalue weighted by molar-refractivity contribution is 0.269. The van der Waals surface area contributed by atoms with Gasteiger partial charge in [0, 0.05) is 25.6 Å². The van der Waals surface area contributed by atoms with E-state index in [2.05, 4.69) is 62.1 Å². The fourth-order valence-corrected chi connectivity index (χ4v) is 1.79. The number of rotatable bonds is 9. The Balaban J connectivity index is 2.82. The molecule has 0 spiro atoms. The third kappa shape index (κ3) is 5.90. The minimum Gasteiger partial charge on any atom is -0.370 e. The Hall–Kier alpha value is -1.32. The first kappa shape index (κ1) is 17.7. The SMILES string of the molecule is CCCNc1cc(NCC(C)(C)C(C)C)nc(CCC)n1. The number of nitrogens with one attached hydrogen (secondary N) is 2. The molecule has 2 N–H and O–H groups in total. The van der Waals surface area contributed by atoms with Crippen LogP contribution in [0.2, 0.25) is 0 Å². The molecule has 1 rings (SSSR count). The summed E-state index contributed by atoms with van der Waals surface area (Å²) in [7, 11) is 0. The van der Waals surface area contributed by atoms with Gasteiger partial charge in [0.2, 0.25) is 0 Å². The van der Waals surface area contributed by atoms with Crippen LogP contribution >= 0.6 is 0 Å². The van der Waals surface area contributed by atoms with Crippen LogP contribution in [0, 0.1) is 11.3 Å². The van der Waals surface area contributed by atoms with Crippen LogP contribution in [0.15, 0.2) is 6.07 Å². The predicted octanol–water partition coefficient (Wildman–Crippen LogP) is 4.35. The van der Waals surface area contributed by atoms with Crippen molar-refractivity contribution in [2.75, 3.05) is 23.7 Å². The number of aromatic nitrogens is 2. The molecule has 0 radical (unpaired) electrons. The Morgan fingerprint density at radius 3 is 2.19 bits per heavy atom. The van der Waals surface area contributed by atoms with Crippen molar-refractivity contribution < 1.29 is 0 Å². The molecule has 0 saturated carbocycles. The molecule has 0 aliphatic heterocycles. The summed E-state index contributed by atoms with van der Waals surface area (Å²) in [5.41, 5.74) is 0.243. The quantitative estimate of drug-likeness (QED) is 0.710. The zero-order chi connectivity index (χ0) is 15.9. The molecule has 0 bridgehead atoms. The van der Waals surface area contributed by atoms with Gasteiger partial charge in [-0.1, -0.05) is 41.5 Å². The van der Waals surface area contributed by atoms with Crippen molar-refractivity contribution in [1.29, 1.82) is 0 Å². The highest BCUT2D eigenvalue weighted by molar-refractivity contribution is 5.47. The molecule has 21 heavy (non-hydrogen) atoms. The molecular formula is C17H32N4. The van der Waals surface area contributed by atoms with Crippen molar-refractivity contribution in [3.8, 4) is 0 Å². The zero-order valence-electron chi connectivity index (χ0n) is 14.6. The van der Waals surface area contributed by atoms with Crippen LogP contribution in [0.5, 0.6) is 0 Å². The van der Waals surface area contributed by atoms with Gasteiger partial charge in [-0.25, -0.2) is 9.97 Å². The topological polar surface area (TPSA) is 49.8 Å². The Morgan fingerprint density at radius 1 is 1.05 bits per heavy atom. The second-order valence-electron chi connectivity index (χ2n) is 6.73. The number of hydrogen-bond donors (Lipinski definition) is 2. The summed E-state index contributed by atoms with van der Waals surface area (Å²) in [6.07, 6.45) is 3.08. The summed E-state index contributed by atoms with van der Waals surface area (Å²) >= 11 is 0. The smallest absolute Gasteiger partial charge is 0.133 e. The van der Waals surface area contributed by atoms with Crippen molar-refractivity contribution in [1.82, 2.24) is 9.97 Å². The van der Waals surface area contributed by atoms with Crippen molar-refractivity contribution >= 4 is 11.6 Å². The average molecular weight is 292 g/mol. The standard InChI is InChI=1S/C17H32N4/c1-7-9-14-20-15(18-10-8-2)11-16(21-14)19-12-17(5,6)13(3)4/h11,13H,7-10,12H2,1-6H3,(H2,18,19,20,21). The largest absolute Gasteiger partial charge is 0.370 e. The van der Waals surface area contributed by atoms with Crippen molar-refractivity contribution in [3.63, 3.8) is 0 Å². The molecule has 1 heterocycles. The lowest BCUT2D eigenvalue weighted by Crippen LogP contribution is -2.29. The second-order valence-corrected chi connectivity index (χ2v) is 6.73. The molecule has 0 aromatic carbocycles. The molecule has 4 nitrogen and oxygen atoms in total. The summed E-state index contributed by atoms with van der Waals surface area (Å²) in [6, 6.07) is 2.02. The van der Waals surface area contributed by atoms with Gasteiger partial charge < -0.3 is 10.6 Å². The number of anilines is 2. The molecule has 4 heteroatoms. The summed E-state index contributed by atoms with van der Waals surface area (Å²) in [5, 5.41) is 6.85. The molecule has 1 aromatic rings. The van der Waals surface area contributed by atoms with E-state index in [0.717, 1.165) is 49.8 Å². The van der Waals surface area contributed by atoms with E-state index < -0.39 is 0 Å². The number of hydrogen-bond acceptors (Lipinski definition) is 4. The van der Waals surface area contributed by atoms with Crippen LogP contribution < -0.4 is 10.6 Å². The second kappa shape index (κ2) is 8.20. The first-order chi connectivity index (χ1) is 9.89. The highest BCUT2D eigenvalue weighted by Crippen LogP contribution is 2.26. The van der Waals surface area contributed by atoms with Crippen molar-refractivity contribution in [3.05, 3.63) is 11.9 Å². The van der Waals surface area contributed by atoms with Crippen molar-refractivity contribution in [2.24, 2.45) is 11.3 Å². The van der Waals surface area contributed by atoms with Crippen LogP contribution in [0.3, 0.4) is 0 Å². The van der Waals surface area contributed by atoms with E-state index in [1.807, 2.05) is 6.07 Å². The normalized spacial score (nSPS) is 11.8. The Bertz CT molecular complexity index is 427. The summed E-state index contributed by atoms with van der Waals surface area (Å²) in [6.45, 7) is 15.3. The van der Waals surface area contributed by atoms with E-state index in [1.54, 1.807) is 0 Å². The molecule has 0 atom stereocenters. The van der Waals surface area contributed by atoms with Crippen LogP contribution in [0.25, 0.3) is 0 Å². The van der Waals surface area contributed by atoms with Gasteiger partial charge in [0.05, 0.1) is 0 Å². The monoisotopic (exact) mass is 292 g/mol. The minimum absolute atomic E-state index is 0.243. The molecule has 0 aliphatic rings. The highest BCUT2D eigenvalue weighted by Gasteiger charge is 2.22. The van der Waals surface area contributed by atoms with Crippen molar-refractivity contribution in [2.45, 2.75) is 60.8 Å². The van der Waals surface area contributed by atoms with E-state index in [-0.39, 0.29) is 5.41 Å². The van der Waals surface area contributed by atoms with E-state index in [1.165, 1.54) is 0 Å². The molecule has 0 unspecified atom stereocenters. The molecule has 0 amide bonds. The number of nitrogens with zero attached hydrogens (tertiary/aromatic N) is 2. The summed E-state index contributed by atoms with van der Waals surface area (Å²) in [4.78, 5) is 9.21. The molecule has 0 saturated heterocycles. The highest BCUT2D eigenvalue weighted by atomic mass is 15.1. The third-order valence-corrected chi connectivity index (χ3v) is 4.09. The zero-order valence-corrected chi connectivity index (χ0v) is 14.6. The van der Waals surface area contributed by atoms with Gasteiger partial charge in [-0.15, -0.1) is 0 Å². The number of aryl methyl sites for hydroxylation is 1. The van der Waals surface area contributed by atoms with Crippen LogP contribution in [0.4, 0.5) is 11.6 Å². The van der Waals surface area contributed by atoms with Gasteiger partial charge in [0.25, 0.3) is 0 Å². The van der Waals surface area contributed by atoms with E-state index in [4.69, 9.17) is 0 Å². The van der Waals surface area contributed by atoms with Gasteiger partial charge in [-0.2, -0.15) is 0 Å². The Labute approximate surface area is 130 Å². The molecule has 0 fully saturated rings. The van der Waals surface area contributed by atoms with Gasteiger partial charge >= 0.3 is 0 Å². The Kier molecular flexibility index (Phi) is 6.93. The van der Waals surface area contributed by atoms with E-state index in [0.29, 0.717) is 5.92 Å². The van der Waals surface area contributed by atoms with Gasteiger partial charge in [0.15, 0.2) is 0 Å². The fraction of sp³-hybridized carbons (Fsp3) is 0.765.